The van der Waals surface area contributed by atoms with Gasteiger partial charge in [0.05, 0.1) is 29.9 Å². The fraction of sp³-hybridized carbons (Fsp3) is 0.741. The highest BCUT2D eigenvalue weighted by molar-refractivity contribution is 5.79. The van der Waals surface area contributed by atoms with Crippen LogP contribution in [0.2, 0.25) is 0 Å². The second kappa shape index (κ2) is 10.5. The van der Waals surface area contributed by atoms with E-state index in [1.165, 1.54) is 0 Å². The Kier molecular flexibility index (Phi) is 7.45. The molecule has 0 aromatic carbocycles. The van der Waals surface area contributed by atoms with Gasteiger partial charge in [-0.15, -0.1) is 5.12 Å². The Morgan fingerprint density at radius 1 is 1.11 bits per heavy atom. The van der Waals surface area contributed by atoms with E-state index in [1.54, 1.807) is 5.12 Å². The van der Waals surface area contributed by atoms with Gasteiger partial charge in [0.25, 0.3) is 0 Å². The predicted molar refractivity (Wildman–Crippen MR) is 142 cm³/mol. The largest absolute Gasteiger partial charge is 0.381 e. The summed E-state index contributed by atoms with van der Waals surface area (Å²) in [6.07, 6.45) is 2.46. The first-order valence-electron chi connectivity index (χ1n) is 13.9. The predicted octanol–water partition coefficient (Wildman–Crippen LogP) is 1.97. The number of hydrazine groups is 2. The van der Waals surface area contributed by atoms with Gasteiger partial charge in [0.1, 0.15) is 5.76 Å². The summed E-state index contributed by atoms with van der Waals surface area (Å²) in [5.41, 5.74) is 9.45. The van der Waals surface area contributed by atoms with E-state index in [0.717, 1.165) is 68.2 Å². The number of nitrogens with one attached hydrogen (secondary N) is 2. The molecule has 5 heterocycles. The number of aromatic nitrogens is 1. The van der Waals surface area contributed by atoms with Crippen molar-refractivity contribution in [1.29, 1.82) is 0 Å². The molecule has 11 nitrogen and oxygen atoms in total. The number of piperazine rings is 1. The molecule has 2 saturated heterocycles. The van der Waals surface area contributed by atoms with Crippen LogP contribution in [-0.4, -0.2) is 100 Å². The number of carbonyl (C=O) groups is 2. The van der Waals surface area contributed by atoms with Crippen LogP contribution in [0.3, 0.4) is 0 Å². The molecule has 4 aliphatic rings. The first-order valence-corrected chi connectivity index (χ1v) is 13.9. The van der Waals surface area contributed by atoms with Gasteiger partial charge in [-0.3, -0.25) is 15.1 Å². The molecular formula is C27H43N7O4. The molecule has 0 radical (unpaired) electrons. The van der Waals surface area contributed by atoms with Gasteiger partial charge >= 0.3 is 6.03 Å². The number of hydrogen-bond acceptors (Lipinski definition) is 8. The van der Waals surface area contributed by atoms with E-state index in [1.807, 2.05) is 18.7 Å². The summed E-state index contributed by atoms with van der Waals surface area (Å²) in [7, 11) is 0. The van der Waals surface area contributed by atoms with E-state index >= 15 is 0 Å². The van der Waals surface area contributed by atoms with Crippen molar-refractivity contribution in [1.82, 2.24) is 35.8 Å². The smallest absolute Gasteiger partial charge is 0.321 e. The summed E-state index contributed by atoms with van der Waals surface area (Å²) in [6.45, 7) is 17.7. The average molecular weight is 530 g/mol. The Labute approximate surface area is 225 Å². The third-order valence-electron chi connectivity index (χ3n) is 8.79. The quantitative estimate of drug-likeness (QED) is 0.597. The van der Waals surface area contributed by atoms with Crippen LogP contribution in [-0.2, 0) is 16.0 Å². The number of amides is 3. The lowest BCUT2D eigenvalue weighted by Gasteiger charge is -2.48. The van der Waals surface area contributed by atoms with Crippen molar-refractivity contribution in [3.05, 3.63) is 28.3 Å². The first-order chi connectivity index (χ1) is 18.0. The first kappa shape index (κ1) is 27.0. The SMILES string of the molecule is Cc1noc(C)c1CC(=O)NN1CC2=C(N1)C(C)(C)N(C(=O)N1C[C@@H](C)N(CC3CCOCC3)C[C@@H]1C)C2. The van der Waals surface area contributed by atoms with E-state index < -0.39 is 5.54 Å². The van der Waals surface area contributed by atoms with Crippen molar-refractivity contribution < 1.29 is 18.8 Å². The maximum Gasteiger partial charge on any atom is 0.321 e. The monoisotopic (exact) mass is 529 g/mol. The maximum atomic E-state index is 13.9. The zero-order valence-corrected chi connectivity index (χ0v) is 23.7. The molecule has 210 valence electrons. The van der Waals surface area contributed by atoms with Gasteiger partial charge in [0.2, 0.25) is 5.91 Å². The molecule has 3 amide bonds. The van der Waals surface area contributed by atoms with Gasteiger partial charge < -0.3 is 24.5 Å². The maximum absolute atomic E-state index is 13.9. The fourth-order valence-electron chi connectivity index (χ4n) is 6.36. The van der Waals surface area contributed by atoms with Crippen LogP contribution >= 0.6 is 0 Å². The summed E-state index contributed by atoms with van der Waals surface area (Å²) < 4.78 is 10.7. The van der Waals surface area contributed by atoms with Gasteiger partial charge in [-0.1, -0.05) is 5.16 Å². The van der Waals surface area contributed by atoms with Crippen LogP contribution in [0, 0.1) is 19.8 Å². The molecular weight excluding hydrogens is 486 g/mol. The van der Waals surface area contributed by atoms with E-state index in [4.69, 9.17) is 9.26 Å². The van der Waals surface area contributed by atoms with E-state index in [9.17, 15) is 9.59 Å². The molecule has 1 aromatic rings. The molecule has 0 bridgehead atoms. The minimum absolute atomic E-state index is 0.0882. The average Bonchev–Trinajstić information content (AvgIpc) is 3.49. The standard InChI is InChI=1S/C27H43N7O4/c1-17-13-32(18(2)12-31(17)14-21-7-9-37-10-8-21)26(36)33-15-22-16-34(29-25(22)27(33,5)6)28-24(35)11-23-19(3)30-38-20(23)4/h17-18,21,29H,7-16H2,1-6H3,(H,28,35)/t17-,18+/m1/s1. The molecule has 38 heavy (non-hydrogen) atoms. The summed E-state index contributed by atoms with van der Waals surface area (Å²) in [6, 6.07) is 0.563. The molecule has 1 aromatic heterocycles. The number of nitrogens with zero attached hydrogens (tertiary/aromatic N) is 5. The van der Waals surface area contributed by atoms with Crippen molar-refractivity contribution in [3.8, 4) is 0 Å². The molecule has 2 N–H and O–H groups in total. The number of urea groups is 1. The molecule has 0 spiro atoms. The van der Waals surface area contributed by atoms with Crippen LogP contribution in [0.25, 0.3) is 0 Å². The van der Waals surface area contributed by atoms with E-state index in [0.29, 0.717) is 30.8 Å². The Balaban J connectivity index is 1.16. The molecule has 11 heteroatoms. The van der Waals surface area contributed by atoms with Crippen molar-refractivity contribution in [2.45, 2.75) is 78.4 Å². The summed E-state index contributed by atoms with van der Waals surface area (Å²) in [5, 5.41) is 5.65. The number of ether oxygens (including phenoxy) is 1. The normalized spacial score (nSPS) is 26.6. The fourth-order valence-corrected chi connectivity index (χ4v) is 6.36. The van der Waals surface area contributed by atoms with Crippen LogP contribution in [0.4, 0.5) is 4.79 Å². The molecule has 0 aliphatic carbocycles. The lowest BCUT2D eigenvalue weighted by Crippen LogP contribution is -2.63. The Morgan fingerprint density at radius 2 is 1.84 bits per heavy atom. The van der Waals surface area contributed by atoms with Gasteiger partial charge in [0.15, 0.2) is 0 Å². The number of carbonyl (C=O) groups excluding carboxylic acids is 2. The highest BCUT2D eigenvalue weighted by atomic mass is 16.5. The third-order valence-corrected chi connectivity index (χ3v) is 8.79. The minimum atomic E-state index is -0.504. The molecule has 0 unspecified atom stereocenters. The van der Waals surface area contributed by atoms with Crippen molar-refractivity contribution in [2.24, 2.45) is 5.92 Å². The zero-order chi connectivity index (χ0) is 27.2. The Bertz CT molecular complexity index is 1070. The molecule has 4 aliphatic heterocycles. The van der Waals surface area contributed by atoms with Gasteiger partial charge in [-0.25, -0.2) is 4.79 Å². The minimum Gasteiger partial charge on any atom is -0.381 e. The summed E-state index contributed by atoms with van der Waals surface area (Å²) >= 11 is 0. The Hall–Kier alpha value is -2.63. The van der Waals surface area contributed by atoms with Gasteiger partial charge in [0, 0.05) is 57.0 Å². The highest BCUT2D eigenvalue weighted by Gasteiger charge is 2.48. The second-order valence-corrected chi connectivity index (χ2v) is 12.0. The highest BCUT2D eigenvalue weighted by Crippen LogP contribution is 2.37. The van der Waals surface area contributed by atoms with Crippen LogP contribution in [0.15, 0.2) is 15.8 Å². The van der Waals surface area contributed by atoms with E-state index in [2.05, 4.69) is 53.5 Å². The molecule has 5 rings (SSSR count). The zero-order valence-electron chi connectivity index (χ0n) is 23.7. The molecule has 0 saturated carbocycles. The Morgan fingerprint density at radius 3 is 2.50 bits per heavy atom. The van der Waals surface area contributed by atoms with Crippen LogP contribution in [0.5, 0.6) is 0 Å². The lowest BCUT2D eigenvalue weighted by atomic mass is 9.97. The topological polar surface area (TPSA) is 106 Å². The number of rotatable bonds is 5. The van der Waals surface area contributed by atoms with Crippen molar-refractivity contribution in [3.63, 3.8) is 0 Å². The van der Waals surface area contributed by atoms with Gasteiger partial charge in [-0.2, -0.15) is 0 Å². The summed E-state index contributed by atoms with van der Waals surface area (Å²) in [4.78, 5) is 33.1. The number of hydrogen-bond donors (Lipinski definition) is 2. The van der Waals surface area contributed by atoms with Crippen LogP contribution < -0.4 is 10.9 Å². The lowest BCUT2D eigenvalue weighted by molar-refractivity contribution is -0.126. The van der Waals surface area contributed by atoms with Crippen molar-refractivity contribution in [2.75, 3.05) is 45.9 Å². The van der Waals surface area contributed by atoms with Crippen molar-refractivity contribution >= 4 is 11.9 Å². The third kappa shape index (κ3) is 5.15. The van der Waals surface area contributed by atoms with Gasteiger partial charge in [-0.05, 0) is 65.9 Å². The number of aryl methyl sites for hydroxylation is 2. The van der Waals surface area contributed by atoms with E-state index in [-0.39, 0.29) is 24.4 Å². The summed E-state index contributed by atoms with van der Waals surface area (Å²) in [5.74, 6) is 1.21. The molecule has 2 fully saturated rings. The van der Waals surface area contributed by atoms with Crippen LogP contribution in [0.1, 0.15) is 57.6 Å². The second-order valence-electron chi connectivity index (χ2n) is 12.0. The molecule has 2 atom stereocenters.